The summed E-state index contributed by atoms with van der Waals surface area (Å²) in [6.45, 7) is 6.20. The van der Waals surface area contributed by atoms with E-state index in [2.05, 4.69) is 63.6 Å². The zero-order valence-electron chi connectivity index (χ0n) is 42.2. The Kier molecular flexibility index (Phi) is 15.0. The van der Waals surface area contributed by atoms with Crippen LogP contribution in [-0.4, -0.2) is 121 Å². The molecule has 4 aliphatic rings. The summed E-state index contributed by atoms with van der Waals surface area (Å²) in [5.74, 6) is 4.53. The molecule has 6 aromatic heterocycles. The summed E-state index contributed by atoms with van der Waals surface area (Å²) >= 11 is 0. The monoisotopic (exact) mass is 1060 g/mol. The average Bonchev–Trinajstić information content (AvgIpc) is 4.34. The minimum atomic E-state index is -4.75. The molecule has 15 nitrogen and oxygen atoms in total. The number of benzene rings is 3. The highest BCUT2D eigenvalue weighted by Crippen LogP contribution is 2.31. The maximum Gasteiger partial charge on any atom is 0.573 e. The van der Waals surface area contributed by atoms with Gasteiger partial charge in [-0.15, -0.1) is 13.2 Å². The summed E-state index contributed by atoms with van der Waals surface area (Å²) in [4.78, 5) is 36.4. The molecule has 77 heavy (non-hydrogen) atoms. The van der Waals surface area contributed by atoms with E-state index < -0.39 is 25.6 Å². The summed E-state index contributed by atoms with van der Waals surface area (Å²) in [6.07, 6.45) is 12.3. The fourth-order valence-corrected chi connectivity index (χ4v) is 10.1. The zero-order chi connectivity index (χ0) is 52.9. The molecule has 0 spiro atoms. The molecule has 0 saturated carbocycles. The van der Waals surface area contributed by atoms with Crippen molar-refractivity contribution in [3.8, 4) is 45.3 Å². The van der Waals surface area contributed by atoms with E-state index in [-0.39, 0.29) is 5.75 Å². The first kappa shape index (κ1) is 51.0. The highest BCUT2D eigenvalue weighted by Gasteiger charge is 2.31. The largest absolute Gasteiger partial charge is 0.573 e. The molecule has 0 unspecified atom stereocenters. The van der Waals surface area contributed by atoms with Gasteiger partial charge < -0.3 is 29.1 Å². The first-order valence-corrected chi connectivity index (χ1v) is 26.1. The van der Waals surface area contributed by atoms with Gasteiger partial charge in [-0.2, -0.15) is 15.0 Å². The number of anilines is 4. The molecule has 9 aromatic rings. The number of fused-ring (bicyclic) bond motifs is 3. The third-order valence-corrected chi connectivity index (χ3v) is 14.2. The van der Waals surface area contributed by atoms with Crippen molar-refractivity contribution >= 4 is 40.5 Å². The number of nitrogens with zero attached hydrogens (tertiary/aromatic N) is 13. The van der Waals surface area contributed by atoms with Crippen molar-refractivity contribution in [2.45, 2.75) is 70.1 Å². The van der Waals surface area contributed by atoms with E-state index in [0.29, 0.717) is 78.9 Å². The molecule has 400 valence electrons. The van der Waals surface area contributed by atoms with Gasteiger partial charge in [0.1, 0.15) is 41.3 Å². The predicted octanol–water partition coefficient (Wildman–Crippen LogP) is 11.5. The Hall–Kier alpha value is -8.10. The average molecular weight is 1060 g/mol. The van der Waals surface area contributed by atoms with E-state index in [0.717, 1.165) is 73.4 Å². The summed E-state index contributed by atoms with van der Waals surface area (Å²) in [5.41, 5.74) is 5.95. The van der Waals surface area contributed by atoms with E-state index in [9.17, 15) is 26.3 Å². The zero-order valence-corrected chi connectivity index (χ0v) is 42.2. The molecule has 21 heteroatoms. The van der Waals surface area contributed by atoms with Crippen LogP contribution in [0.25, 0.3) is 51.1 Å². The van der Waals surface area contributed by atoms with E-state index in [1.807, 2.05) is 68.8 Å². The Labute approximate surface area is 440 Å². The van der Waals surface area contributed by atoms with Crippen molar-refractivity contribution < 1.29 is 35.8 Å². The minimum absolute atomic E-state index is 0.306. The van der Waals surface area contributed by atoms with Crippen LogP contribution in [-0.2, 0) is 0 Å². The van der Waals surface area contributed by atoms with Gasteiger partial charge in [-0.05, 0) is 106 Å². The number of halogens is 6. The molecule has 4 fully saturated rings. The molecule has 13 rings (SSSR count). The molecular formula is C56H57F6N13O2. The van der Waals surface area contributed by atoms with Crippen molar-refractivity contribution in [3.63, 3.8) is 0 Å². The molecule has 4 saturated heterocycles. The lowest BCUT2D eigenvalue weighted by atomic mass is 10.1. The molecule has 0 radical (unpaired) electrons. The van der Waals surface area contributed by atoms with Crippen molar-refractivity contribution in [2.75, 3.05) is 78.8 Å². The van der Waals surface area contributed by atoms with Crippen LogP contribution in [0.4, 0.5) is 49.5 Å². The summed E-state index contributed by atoms with van der Waals surface area (Å²) in [6, 6.07) is 27.4. The van der Waals surface area contributed by atoms with Gasteiger partial charge in [-0.25, -0.2) is 28.1 Å². The lowest BCUT2D eigenvalue weighted by molar-refractivity contribution is -0.274. The van der Waals surface area contributed by atoms with Crippen LogP contribution in [0.5, 0.6) is 11.5 Å². The van der Waals surface area contributed by atoms with Crippen molar-refractivity contribution in [3.05, 3.63) is 128 Å². The predicted molar refractivity (Wildman–Crippen MR) is 284 cm³/mol. The Bertz CT molecular complexity index is 3410. The van der Waals surface area contributed by atoms with Gasteiger partial charge in [-0.1, -0.05) is 36.4 Å². The normalized spacial score (nSPS) is 16.5. The molecule has 0 N–H and O–H groups in total. The fraction of sp³-hybridized carbons (Fsp3) is 0.357. The Morgan fingerprint density at radius 1 is 0.455 bits per heavy atom. The lowest BCUT2D eigenvalue weighted by Crippen LogP contribution is -2.34. The van der Waals surface area contributed by atoms with Crippen LogP contribution in [0.3, 0.4) is 0 Å². The van der Waals surface area contributed by atoms with Crippen LogP contribution in [0.2, 0.25) is 0 Å². The van der Waals surface area contributed by atoms with Crippen LogP contribution >= 0.6 is 0 Å². The third kappa shape index (κ3) is 12.3. The highest BCUT2D eigenvalue weighted by atomic mass is 19.4. The van der Waals surface area contributed by atoms with Gasteiger partial charge in [-0.3, -0.25) is 13.2 Å². The Morgan fingerprint density at radius 2 is 0.857 bits per heavy atom. The second-order valence-corrected chi connectivity index (χ2v) is 19.5. The molecule has 0 atom stereocenters. The summed E-state index contributed by atoms with van der Waals surface area (Å²) < 4.78 is 90.6. The molecule has 3 aromatic carbocycles. The van der Waals surface area contributed by atoms with Crippen LogP contribution in [0, 0.1) is 0 Å². The van der Waals surface area contributed by atoms with Gasteiger partial charge in [0.05, 0.1) is 17.1 Å². The smallest absolute Gasteiger partial charge is 0.463 e. The summed E-state index contributed by atoms with van der Waals surface area (Å²) in [5, 5.41) is 0. The molecule has 4 aliphatic heterocycles. The number of aromatic nitrogens is 9. The van der Waals surface area contributed by atoms with E-state index in [1.54, 1.807) is 35.0 Å². The number of hydrogen-bond acceptors (Lipinski definition) is 12. The molecule has 0 aliphatic carbocycles. The maximum atomic E-state index is 13.4. The number of hydrogen-bond donors (Lipinski definition) is 0. The first-order chi connectivity index (χ1) is 37.5. The second-order valence-electron chi connectivity index (χ2n) is 19.5. The maximum absolute atomic E-state index is 13.4. The number of piperidine rings is 2. The van der Waals surface area contributed by atoms with Crippen LogP contribution in [0.1, 0.15) is 51.4 Å². The molecule has 10 heterocycles. The van der Waals surface area contributed by atoms with Gasteiger partial charge >= 0.3 is 6.36 Å². The minimum Gasteiger partial charge on any atom is -0.463 e. The topological polar surface area (TPSA) is 122 Å². The highest BCUT2D eigenvalue weighted by molar-refractivity contribution is 5.67. The number of ether oxygens (including phenoxy) is 2. The number of rotatable bonds is 10. The Morgan fingerprint density at radius 3 is 1.30 bits per heavy atom. The first-order valence-electron chi connectivity index (χ1n) is 26.1. The van der Waals surface area contributed by atoms with Gasteiger partial charge in [0, 0.05) is 112 Å². The van der Waals surface area contributed by atoms with Crippen LogP contribution < -0.4 is 29.1 Å². The van der Waals surface area contributed by atoms with Crippen LogP contribution in [0.15, 0.2) is 128 Å². The molecule has 0 amide bonds. The summed E-state index contributed by atoms with van der Waals surface area (Å²) in [7, 11) is 0. The molecule has 0 bridgehead atoms. The number of alkyl halides is 6. The SMILES string of the molecule is FC1CCN(c2ccn3cc(-c4ccc(N5CCCC5)cc4)nc3n2)CC1.FC1CCN(c2ccn3cc(-c4cccc(OC(F)(F)F)c4)nc3n2)CC1.FCOc1cccc(-c2cn3ccc(N4CCCC4)nc3n2)c1. The van der Waals surface area contributed by atoms with E-state index in [4.69, 9.17) is 14.7 Å². The van der Waals surface area contributed by atoms with Gasteiger partial charge in [0.15, 0.2) is 0 Å². The number of imidazole rings is 3. The van der Waals surface area contributed by atoms with Crippen molar-refractivity contribution in [2.24, 2.45) is 0 Å². The van der Waals surface area contributed by atoms with Gasteiger partial charge in [0.2, 0.25) is 24.2 Å². The van der Waals surface area contributed by atoms with Gasteiger partial charge in [0.25, 0.3) is 0 Å². The second kappa shape index (κ2) is 22.6. The standard InChI is InChI=1S/C21H24FN5.C18H16F4N4O.C17H17FN4O/c22-17-7-12-26(13-8-17)20-9-14-27-15-19(23-21(27)24-20)16-3-5-18(6-4-16)25-10-1-2-11-25;19-13-4-7-25(8-5-13)16-6-9-26-11-15(23-17(26)24-16)12-2-1-3-14(10-12)27-18(20,21)22;18-12-23-14-5-3-4-13(10-14)15-11-22-9-6-16(20-17(22)19-15)21-7-1-2-8-21/h3-6,9,14-15,17H,1-2,7-8,10-13H2;1-3,6,9-11,13H,4-5,7-8H2;3-6,9-11H,1-2,7-8,12H2. The fourth-order valence-electron chi connectivity index (χ4n) is 10.1. The van der Waals surface area contributed by atoms with Crippen molar-refractivity contribution in [1.29, 1.82) is 0 Å². The Balaban J connectivity index is 0.000000123. The third-order valence-electron chi connectivity index (χ3n) is 14.2. The van der Waals surface area contributed by atoms with E-state index >= 15 is 0 Å². The van der Waals surface area contributed by atoms with E-state index in [1.165, 1.54) is 49.6 Å². The van der Waals surface area contributed by atoms with Crippen molar-refractivity contribution in [1.82, 2.24) is 43.1 Å². The quantitative estimate of drug-likeness (QED) is 0.121. The molecular weight excluding hydrogens is 1000 g/mol. The lowest BCUT2D eigenvalue weighted by Gasteiger charge is -2.29.